The standard InChI is InChI=1S/C14H12O6/c1-6-3-10-7(5-19-6)12(17)11-8(15)4-9(16)13(18-2)14(11)20-10/h3-4,15-16H,5H2,1-2H3. The van der Waals surface area contributed by atoms with Gasteiger partial charge in [0, 0.05) is 12.1 Å². The number of fused-ring (bicyclic) bond motifs is 2. The molecule has 3 rings (SSSR count). The summed E-state index contributed by atoms with van der Waals surface area (Å²) in [6.07, 6.45) is 1.58. The van der Waals surface area contributed by atoms with E-state index in [1.54, 1.807) is 13.0 Å². The lowest BCUT2D eigenvalue weighted by atomic mass is 10.1. The fraction of sp³-hybridized carbons (Fsp3) is 0.214. The van der Waals surface area contributed by atoms with Crippen molar-refractivity contribution in [3.63, 3.8) is 0 Å². The summed E-state index contributed by atoms with van der Waals surface area (Å²) in [5.41, 5.74) is -0.0633. The molecule has 1 aromatic carbocycles. The number of phenolic OH excluding ortho intramolecular Hbond substituents is 2. The van der Waals surface area contributed by atoms with Gasteiger partial charge in [-0.25, -0.2) is 0 Å². The molecule has 6 nitrogen and oxygen atoms in total. The Kier molecular flexibility index (Phi) is 2.60. The molecule has 1 aliphatic heterocycles. The third-order valence-electron chi connectivity index (χ3n) is 3.19. The zero-order chi connectivity index (χ0) is 14.4. The first-order valence-corrected chi connectivity index (χ1v) is 5.92. The normalized spacial score (nSPS) is 13.6. The lowest BCUT2D eigenvalue weighted by molar-refractivity contribution is 0.194. The van der Waals surface area contributed by atoms with E-state index in [0.717, 1.165) is 6.07 Å². The van der Waals surface area contributed by atoms with Crippen molar-refractivity contribution in [3.05, 3.63) is 33.4 Å². The zero-order valence-electron chi connectivity index (χ0n) is 10.9. The lowest BCUT2D eigenvalue weighted by Gasteiger charge is -2.16. The zero-order valence-corrected chi connectivity index (χ0v) is 10.9. The van der Waals surface area contributed by atoms with Gasteiger partial charge in [-0.05, 0) is 6.92 Å². The van der Waals surface area contributed by atoms with Crippen LogP contribution in [0.3, 0.4) is 0 Å². The topological polar surface area (TPSA) is 89.1 Å². The Morgan fingerprint density at radius 3 is 2.75 bits per heavy atom. The quantitative estimate of drug-likeness (QED) is 0.829. The molecule has 0 fully saturated rings. The number of hydrogen-bond donors (Lipinski definition) is 2. The monoisotopic (exact) mass is 276 g/mol. The Morgan fingerprint density at radius 2 is 2.05 bits per heavy atom. The van der Waals surface area contributed by atoms with Gasteiger partial charge in [0.15, 0.2) is 11.3 Å². The summed E-state index contributed by atoms with van der Waals surface area (Å²) in [5, 5.41) is 19.6. The van der Waals surface area contributed by atoms with E-state index in [1.165, 1.54) is 7.11 Å². The van der Waals surface area contributed by atoms with Crippen LogP contribution in [0.15, 0.2) is 21.0 Å². The van der Waals surface area contributed by atoms with Crippen LogP contribution < -0.4 is 10.2 Å². The highest BCUT2D eigenvalue weighted by Crippen LogP contribution is 2.40. The van der Waals surface area contributed by atoms with E-state index in [9.17, 15) is 15.0 Å². The molecule has 1 aromatic heterocycles. The highest BCUT2D eigenvalue weighted by Gasteiger charge is 2.23. The average molecular weight is 276 g/mol. The lowest BCUT2D eigenvalue weighted by Crippen LogP contribution is -2.15. The molecule has 104 valence electrons. The van der Waals surface area contributed by atoms with E-state index in [0.29, 0.717) is 17.1 Å². The van der Waals surface area contributed by atoms with Crippen LogP contribution >= 0.6 is 0 Å². The van der Waals surface area contributed by atoms with Gasteiger partial charge < -0.3 is 24.1 Å². The fourth-order valence-corrected chi connectivity index (χ4v) is 2.23. The maximum Gasteiger partial charge on any atom is 0.204 e. The molecule has 0 atom stereocenters. The smallest absolute Gasteiger partial charge is 0.204 e. The summed E-state index contributed by atoms with van der Waals surface area (Å²) in [7, 11) is 1.34. The van der Waals surface area contributed by atoms with Crippen LogP contribution in [0.5, 0.6) is 17.2 Å². The molecule has 6 heteroatoms. The van der Waals surface area contributed by atoms with E-state index >= 15 is 0 Å². The maximum absolute atomic E-state index is 12.4. The Morgan fingerprint density at radius 1 is 1.30 bits per heavy atom. The van der Waals surface area contributed by atoms with Crippen LogP contribution in [-0.4, -0.2) is 17.3 Å². The second-order valence-corrected chi connectivity index (χ2v) is 4.47. The molecule has 0 saturated carbocycles. The number of benzene rings is 1. The van der Waals surface area contributed by atoms with Crippen molar-refractivity contribution in [1.29, 1.82) is 0 Å². The average Bonchev–Trinajstić information content (AvgIpc) is 2.38. The Labute approximate surface area is 113 Å². The molecule has 2 N–H and O–H groups in total. The van der Waals surface area contributed by atoms with E-state index in [1.807, 2.05) is 0 Å². The summed E-state index contributed by atoms with van der Waals surface area (Å²) in [4.78, 5) is 12.4. The van der Waals surface area contributed by atoms with Gasteiger partial charge in [-0.2, -0.15) is 0 Å². The van der Waals surface area contributed by atoms with Gasteiger partial charge >= 0.3 is 0 Å². The Hall–Kier alpha value is -2.63. The summed E-state index contributed by atoms with van der Waals surface area (Å²) < 4.78 is 16.0. The van der Waals surface area contributed by atoms with Gasteiger partial charge in [0.25, 0.3) is 0 Å². The van der Waals surface area contributed by atoms with E-state index < -0.39 is 5.43 Å². The number of methoxy groups -OCH3 is 1. The molecular formula is C14H12O6. The molecule has 0 unspecified atom stereocenters. The number of phenols is 2. The highest BCUT2D eigenvalue weighted by atomic mass is 16.5. The predicted octanol–water partition coefficient (Wildman–Crippen LogP) is 2.10. The SMILES string of the molecule is COc1c(O)cc(O)c2c(=O)c3c(oc12)C=C(C)OC3. The maximum atomic E-state index is 12.4. The largest absolute Gasteiger partial charge is 0.507 e. The Balaban J connectivity index is 2.50. The van der Waals surface area contributed by atoms with Gasteiger partial charge in [-0.3, -0.25) is 4.79 Å². The van der Waals surface area contributed by atoms with Crippen LogP contribution in [-0.2, 0) is 11.3 Å². The van der Waals surface area contributed by atoms with E-state index in [4.69, 9.17) is 13.9 Å². The summed E-state index contributed by atoms with van der Waals surface area (Å²) in [6, 6.07) is 1.05. The molecule has 20 heavy (non-hydrogen) atoms. The van der Waals surface area contributed by atoms with Crippen LogP contribution in [0.4, 0.5) is 0 Å². The molecule has 2 aromatic rings. The molecule has 0 spiro atoms. The van der Waals surface area contributed by atoms with Crippen molar-refractivity contribution in [3.8, 4) is 17.2 Å². The summed E-state index contributed by atoms with van der Waals surface area (Å²) >= 11 is 0. The molecule has 1 aliphatic rings. The van der Waals surface area contributed by atoms with Gasteiger partial charge in [-0.1, -0.05) is 0 Å². The van der Waals surface area contributed by atoms with E-state index in [-0.39, 0.29) is 34.8 Å². The van der Waals surface area contributed by atoms with Crippen LogP contribution in [0.2, 0.25) is 0 Å². The van der Waals surface area contributed by atoms with Crippen molar-refractivity contribution in [1.82, 2.24) is 0 Å². The second-order valence-electron chi connectivity index (χ2n) is 4.47. The van der Waals surface area contributed by atoms with Crippen molar-refractivity contribution >= 4 is 17.0 Å². The first-order chi connectivity index (χ1) is 9.52. The first-order valence-electron chi connectivity index (χ1n) is 5.92. The highest BCUT2D eigenvalue weighted by molar-refractivity contribution is 5.91. The van der Waals surface area contributed by atoms with Crippen molar-refractivity contribution in [2.24, 2.45) is 0 Å². The number of allylic oxidation sites excluding steroid dienone is 1. The van der Waals surface area contributed by atoms with Crippen molar-refractivity contribution in [2.45, 2.75) is 13.5 Å². The minimum atomic E-state index is -0.402. The van der Waals surface area contributed by atoms with Gasteiger partial charge in [0.2, 0.25) is 11.2 Å². The third-order valence-corrected chi connectivity index (χ3v) is 3.19. The van der Waals surface area contributed by atoms with Crippen LogP contribution in [0.1, 0.15) is 18.2 Å². The first kappa shape index (κ1) is 12.4. The summed E-state index contributed by atoms with van der Waals surface area (Å²) in [5.74, 6) is 0.308. The minimum Gasteiger partial charge on any atom is -0.507 e. The molecule has 2 heterocycles. The van der Waals surface area contributed by atoms with E-state index in [2.05, 4.69) is 0 Å². The Bertz CT molecular complexity index is 800. The summed E-state index contributed by atoms with van der Waals surface area (Å²) in [6.45, 7) is 1.82. The third kappa shape index (κ3) is 1.61. The second kappa shape index (κ2) is 4.19. The minimum absolute atomic E-state index is 0.00949. The fourth-order valence-electron chi connectivity index (χ4n) is 2.23. The van der Waals surface area contributed by atoms with Gasteiger partial charge in [0.1, 0.15) is 23.5 Å². The van der Waals surface area contributed by atoms with Crippen LogP contribution in [0.25, 0.3) is 17.0 Å². The molecule has 0 amide bonds. The number of rotatable bonds is 1. The van der Waals surface area contributed by atoms with Gasteiger partial charge in [0.05, 0.1) is 18.4 Å². The van der Waals surface area contributed by atoms with Gasteiger partial charge in [-0.15, -0.1) is 0 Å². The van der Waals surface area contributed by atoms with Crippen molar-refractivity contribution < 1.29 is 24.1 Å². The van der Waals surface area contributed by atoms with Crippen LogP contribution in [0, 0.1) is 0 Å². The predicted molar refractivity (Wildman–Crippen MR) is 70.8 cm³/mol. The number of ether oxygens (including phenoxy) is 2. The molecular weight excluding hydrogens is 264 g/mol. The number of hydrogen-bond acceptors (Lipinski definition) is 6. The number of aromatic hydroxyl groups is 2. The molecule has 0 saturated heterocycles. The molecule has 0 aliphatic carbocycles. The van der Waals surface area contributed by atoms with Crippen molar-refractivity contribution in [2.75, 3.05) is 7.11 Å². The molecule has 0 radical (unpaired) electrons. The molecule has 0 bridgehead atoms.